The van der Waals surface area contributed by atoms with Gasteiger partial charge in [-0.05, 0) is 0 Å². The van der Waals surface area contributed by atoms with Crippen LogP contribution in [0.2, 0.25) is 0 Å². The fraction of sp³-hybridized carbons (Fsp3) is 0.667. The molecule has 0 aliphatic rings. The van der Waals surface area contributed by atoms with Gasteiger partial charge in [-0.2, -0.15) is 0 Å². The summed E-state index contributed by atoms with van der Waals surface area (Å²) in [7, 11) is 0. The molecule has 0 radical (unpaired) electrons. The number of halogens is 3. The van der Waals surface area contributed by atoms with Crippen molar-refractivity contribution in [2.45, 2.75) is 6.04 Å². The molecule has 3 nitrogen and oxygen atoms in total. The van der Waals surface area contributed by atoms with Crippen molar-refractivity contribution in [1.29, 1.82) is 0 Å². The van der Waals surface area contributed by atoms with Gasteiger partial charge in [0.2, 0.25) is 0 Å². The van der Waals surface area contributed by atoms with Crippen molar-refractivity contribution in [2.75, 3.05) is 6.61 Å². The zero-order valence-corrected chi connectivity index (χ0v) is 10.8. The molecule has 0 fully saturated rings. The Kier molecular flexibility index (Phi) is 7.77. The van der Waals surface area contributed by atoms with Crippen LogP contribution in [0.15, 0.2) is 0 Å². The number of carbonyl (C=O) groups excluding carboxylic acids is 1. The van der Waals surface area contributed by atoms with E-state index < -0.39 is 12.1 Å². The summed E-state index contributed by atoms with van der Waals surface area (Å²) < 4.78 is 2.99. The summed E-state index contributed by atoms with van der Waals surface area (Å²) in [4.78, 5) is 10.1. The van der Waals surface area contributed by atoms with Gasteiger partial charge in [0.1, 0.15) is 0 Å². The van der Waals surface area contributed by atoms with E-state index in [1.165, 1.54) is 0 Å². The SMILES string of the molecule is O=C[C@H](CO)NI(I)I. The number of aldehydes is 1. The van der Waals surface area contributed by atoms with Gasteiger partial charge in [-0.25, -0.2) is 0 Å². The van der Waals surface area contributed by atoms with Gasteiger partial charge in [-0.1, -0.05) is 0 Å². The second-order valence-electron chi connectivity index (χ2n) is 1.23. The van der Waals surface area contributed by atoms with E-state index in [1.807, 2.05) is 0 Å². The fourth-order valence-corrected chi connectivity index (χ4v) is 5.21. The third-order valence-electron chi connectivity index (χ3n) is 0.584. The average Bonchev–Trinajstić information content (AvgIpc) is 1.82. The van der Waals surface area contributed by atoms with E-state index in [1.54, 1.807) is 0 Å². The van der Waals surface area contributed by atoms with Crippen LogP contribution >= 0.6 is 49.4 Å². The number of rotatable bonds is 4. The second kappa shape index (κ2) is 6.49. The number of nitrogens with one attached hydrogen (secondary N) is 1. The number of carbonyl (C=O) groups is 1. The molecule has 56 valence electrons. The molecule has 0 aromatic carbocycles. The van der Waals surface area contributed by atoms with Crippen molar-refractivity contribution < 1.29 is 9.90 Å². The third-order valence-corrected chi connectivity index (χ3v) is 5.01. The van der Waals surface area contributed by atoms with Crippen molar-refractivity contribution >= 4 is 55.7 Å². The Morgan fingerprint density at radius 1 is 1.78 bits per heavy atom. The van der Waals surface area contributed by atoms with E-state index in [9.17, 15) is 4.79 Å². The normalized spacial score (nSPS) is 14.8. The van der Waals surface area contributed by atoms with Crippen LogP contribution in [0.3, 0.4) is 0 Å². The maximum absolute atomic E-state index is 10.1. The molecule has 0 saturated carbocycles. The topological polar surface area (TPSA) is 49.3 Å². The molecular formula is C3H6I3NO2. The Morgan fingerprint density at radius 2 is 2.33 bits per heavy atom. The molecule has 0 saturated heterocycles. The molecule has 0 aliphatic heterocycles. The second-order valence-corrected chi connectivity index (χ2v) is 24.4. The third kappa shape index (κ3) is 6.19. The van der Waals surface area contributed by atoms with Gasteiger partial charge in [0, 0.05) is 0 Å². The van der Waals surface area contributed by atoms with Crippen molar-refractivity contribution in [3.8, 4) is 0 Å². The van der Waals surface area contributed by atoms with Crippen LogP contribution < -0.4 is 3.53 Å². The van der Waals surface area contributed by atoms with E-state index in [0.717, 1.165) is 6.29 Å². The van der Waals surface area contributed by atoms with E-state index >= 15 is 0 Å². The standard InChI is InChI=1S/C3H6I3NO2/c4-6(5)7-3(1-8)2-9/h1,3,7,9H,2H2/t3-/m1/s1. The summed E-state index contributed by atoms with van der Waals surface area (Å²) in [6.07, 6.45) is 0.738. The Bertz CT molecular complexity index is 89.1. The van der Waals surface area contributed by atoms with Gasteiger partial charge in [0.15, 0.2) is 0 Å². The van der Waals surface area contributed by atoms with Gasteiger partial charge in [-0.15, -0.1) is 0 Å². The van der Waals surface area contributed by atoms with Crippen LogP contribution in [-0.2, 0) is 4.79 Å². The Labute approximate surface area is 80.4 Å². The Hall–Kier alpha value is 1.78. The van der Waals surface area contributed by atoms with Gasteiger partial charge >= 0.3 is 81.7 Å². The molecule has 0 aliphatic carbocycles. The first-order chi connectivity index (χ1) is 4.20. The van der Waals surface area contributed by atoms with Crippen molar-refractivity contribution in [3.63, 3.8) is 0 Å². The van der Waals surface area contributed by atoms with Crippen LogP contribution in [-0.4, -0.2) is 24.0 Å². The average molecular weight is 469 g/mol. The van der Waals surface area contributed by atoms with Crippen LogP contribution in [0.25, 0.3) is 0 Å². The quantitative estimate of drug-likeness (QED) is 0.371. The van der Waals surface area contributed by atoms with Gasteiger partial charge in [0.05, 0.1) is 0 Å². The first-order valence-electron chi connectivity index (χ1n) is 2.06. The maximum atomic E-state index is 10.1. The zero-order chi connectivity index (χ0) is 7.28. The monoisotopic (exact) mass is 469 g/mol. The molecule has 0 aromatic heterocycles. The summed E-state index contributed by atoms with van der Waals surface area (Å²) >= 11 is 3.42. The molecule has 0 bridgehead atoms. The molecule has 6 heteroatoms. The van der Waals surface area contributed by atoms with Crippen molar-refractivity contribution in [3.05, 3.63) is 0 Å². The van der Waals surface area contributed by atoms with Crippen LogP contribution in [0.5, 0.6) is 0 Å². The van der Waals surface area contributed by atoms with Crippen molar-refractivity contribution in [2.24, 2.45) is 0 Å². The first-order valence-corrected chi connectivity index (χ1v) is 15.7. The number of aliphatic hydroxyl groups excluding tert-OH is 1. The predicted octanol–water partition coefficient (Wildman–Crippen LogP) is 1.26. The minimum atomic E-state index is -1.11. The minimum absolute atomic E-state index is 0.0938. The first kappa shape index (κ1) is 10.8. The zero-order valence-electron chi connectivity index (χ0n) is 4.35. The molecule has 0 aromatic rings. The molecule has 0 amide bonds. The van der Waals surface area contributed by atoms with Crippen LogP contribution in [0.1, 0.15) is 0 Å². The van der Waals surface area contributed by atoms with E-state index in [-0.39, 0.29) is 12.6 Å². The Morgan fingerprint density at radius 3 is 2.44 bits per heavy atom. The van der Waals surface area contributed by atoms with Gasteiger partial charge < -0.3 is 0 Å². The molecular weight excluding hydrogens is 463 g/mol. The fourth-order valence-electron chi connectivity index (χ4n) is 0.209. The summed E-state index contributed by atoms with van der Waals surface area (Å²) in [5.41, 5.74) is 0. The molecule has 0 heterocycles. The molecule has 1 atom stereocenters. The molecule has 0 unspecified atom stereocenters. The van der Waals surface area contributed by atoms with E-state index in [0.29, 0.717) is 0 Å². The van der Waals surface area contributed by atoms with Crippen molar-refractivity contribution in [1.82, 2.24) is 3.53 Å². The van der Waals surface area contributed by atoms with E-state index in [4.69, 9.17) is 5.11 Å². The molecule has 0 rings (SSSR count). The van der Waals surface area contributed by atoms with Crippen LogP contribution in [0.4, 0.5) is 0 Å². The van der Waals surface area contributed by atoms with Gasteiger partial charge in [-0.3, -0.25) is 0 Å². The summed E-state index contributed by atoms with van der Waals surface area (Å²) in [5, 5.41) is 8.50. The van der Waals surface area contributed by atoms with Gasteiger partial charge in [0.25, 0.3) is 0 Å². The van der Waals surface area contributed by atoms with Crippen LogP contribution in [0, 0.1) is 0 Å². The van der Waals surface area contributed by atoms with E-state index in [2.05, 4.69) is 40.8 Å². The molecule has 9 heavy (non-hydrogen) atoms. The number of hydrogen-bond donors (Lipinski definition) is 2. The number of hydrogen-bond acceptors (Lipinski definition) is 3. The predicted molar refractivity (Wildman–Crippen MR) is 62.1 cm³/mol. The summed E-state index contributed by atoms with van der Waals surface area (Å²) in [6, 6.07) is -0.344. The Balaban J connectivity index is 3.42. The summed E-state index contributed by atoms with van der Waals surface area (Å²) in [5.74, 6) is 0. The molecule has 0 spiro atoms. The summed E-state index contributed by atoms with van der Waals surface area (Å²) in [6.45, 7) is -0.0938. The molecule has 2 N–H and O–H groups in total. The number of aliphatic hydroxyl groups is 1.